The predicted molar refractivity (Wildman–Crippen MR) is 70.7 cm³/mol. The van der Waals surface area contributed by atoms with Gasteiger partial charge in [-0.2, -0.15) is 0 Å². The summed E-state index contributed by atoms with van der Waals surface area (Å²) in [7, 11) is 0. The van der Waals surface area contributed by atoms with Gasteiger partial charge in [-0.05, 0) is 26.0 Å². The molecule has 0 spiro atoms. The molecule has 0 radical (unpaired) electrons. The molecular weight excluding hydrogens is 260 g/mol. The quantitative estimate of drug-likeness (QED) is 0.812. The maximum absolute atomic E-state index is 11.7. The van der Waals surface area contributed by atoms with Crippen LogP contribution < -0.4 is 10.6 Å². The number of carbonyl (C=O) groups excluding carboxylic acids is 2. The summed E-state index contributed by atoms with van der Waals surface area (Å²) in [6, 6.07) is 3.31. The lowest BCUT2D eigenvalue weighted by molar-refractivity contribution is -0.136. The smallest absolute Gasteiger partial charge is 0.313 e. The zero-order chi connectivity index (χ0) is 14.5. The van der Waals surface area contributed by atoms with Crippen LogP contribution in [0.25, 0.3) is 0 Å². The molecule has 0 aliphatic heterocycles. The minimum atomic E-state index is -0.746. The Morgan fingerprint density at radius 3 is 2.70 bits per heavy atom. The lowest BCUT2D eigenvalue weighted by Gasteiger charge is -2.05. The molecule has 2 aromatic rings. The van der Waals surface area contributed by atoms with Gasteiger partial charge in [0.1, 0.15) is 5.76 Å². The summed E-state index contributed by atoms with van der Waals surface area (Å²) in [4.78, 5) is 27.2. The van der Waals surface area contributed by atoms with E-state index in [0.29, 0.717) is 17.1 Å². The zero-order valence-corrected chi connectivity index (χ0v) is 11.1. The van der Waals surface area contributed by atoms with Gasteiger partial charge in [0.05, 0.1) is 17.6 Å². The second kappa shape index (κ2) is 5.96. The molecule has 0 aromatic carbocycles. The molecule has 2 heterocycles. The van der Waals surface area contributed by atoms with Crippen molar-refractivity contribution in [1.82, 2.24) is 15.5 Å². The van der Waals surface area contributed by atoms with Crippen LogP contribution in [0.2, 0.25) is 0 Å². The molecule has 2 rings (SSSR count). The molecule has 2 N–H and O–H groups in total. The number of aryl methyl sites for hydroxylation is 2. The number of hydrogen-bond donors (Lipinski definition) is 2. The van der Waals surface area contributed by atoms with E-state index in [4.69, 9.17) is 4.52 Å². The first kappa shape index (κ1) is 13.7. The van der Waals surface area contributed by atoms with Gasteiger partial charge in [0.25, 0.3) is 0 Å². The fourth-order valence-corrected chi connectivity index (χ4v) is 1.63. The third-order valence-electron chi connectivity index (χ3n) is 2.73. The van der Waals surface area contributed by atoms with Crippen molar-refractivity contribution < 1.29 is 14.1 Å². The first-order valence-electron chi connectivity index (χ1n) is 5.99. The molecule has 0 saturated carbocycles. The number of nitrogens with one attached hydrogen (secondary N) is 2. The second-order valence-electron chi connectivity index (χ2n) is 4.18. The van der Waals surface area contributed by atoms with E-state index in [9.17, 15) is 9.59 Å². The zero-order valence-electron chi connectivity index (χ0n) is 11.1. The number of hydrogen-bond acceptors (Lipinski definition) is 5. The van der Waals surface area contributed by atoms with Gasteiger partial charge in [0, 0.05) is 18.3 Å². The molecule has 2 amide bonds. The Morgan fingerprint density at radius 2 is 2.10 bits per heavy atom. The van der Waals surface area contributed by atoms with Gasteiger partial charge in [0.15, 0.2) is 0 Å². The van der Waals surface area contributed by atoms with Gasteiger partial charge < -0.3 is 15.2 Å². The molecule has 0 aliphatic carbocycles. The number of pyridine rings is 1. The third kappa shape index (κ3) is 3.19. The Hall–Kier alpha value is -2.70. The van der Waals surface area contributed by atoms with Gasteiger partial charge in [0.2, 0.25) is 0 Å². The number of aromatic nitrogens is 2. The van der Waals surface area contributed by atoms with Crippen molar-refractivity contribution >= 4 is 17.5 Å². The molecule has 7 nitrogen and oxygen atoms in total. The normalized spacial score (nSPS) is 10.1. The summed E-state index contributed by atoms with van der Waals surface area (Å²) in [5.41, 5.74) is 1.92. The van der Waals surface area contributed by atoms with Gasteiger partial charge in [-0.25, -0.2) is 0 Å². The van der Waals surface area contributed by atoms with E-state index in [1.54, 1.807) is 32.2 Å². The Kier molecular flexibility index (Phi) is 4.09. The highest BCUT2D eigenvalue weighted by Gasteiger charge is 2.16. The maximum Gasteiger partial charge on any atom is 0.313 e. The van der Waals surface area contributed by atoms with Gasteiger partial charge in [-0.3, -0.25) is 14.6 Å². The van der Waals surface area contributed by atoms with Crippen molar-refractivity contribution in [3.8, 4) is 0 Å². The lowest BCUT2D eigenvalue weighted by Crippen LogP contribution is -2.35. The standard InChI is InChI=1S/C13H14N4O3/c1-8-11(9(2)20-17-8)7-15-12(18)13(19)16-10-4-3-5-14-6-10/h3-6H,7H2,1-2H3,(H,15,18)(H,16,19). The van der Waals surface area contributed by atoms with Gasteiger partial charge >= 0.3 is 11.8 Å². The van der Waals surface area contributed by atoms with Gasteiger partial charge in [-0.1, -0.05) is 5.16 Å². The fraction of sp³-hybridized carbons (Fsp3) is 0.231. The molecule has 0 unspecified atom stereocenters. The maximum atomic E-state index is 11.7. The first-order valence-corrected chi connectivity index (χ1v) is 5.99. The Bertz CT molecular complexity index is 602. The largest absolute Gasteiger partial charge is 0.361 e. The van der Waals surface area contributed by atoms with E-state index in [1.165, 1.54) is 6.20 Å². The van der Waals surface area contributed by atoms with Crippen LogP contribution in [-0.2, 0) is 16.1 Å². The Balaban J connectivity index is 1.90. The second-order valence-corrected chi connectivity index (χ2v) is 4.18. The van der Waals surface area contributed by atoms with Crippen LogP contribution in [0.3, 0.4) is 0 Å². The van der Waals surface area contributed by atoms with Crippen molar-refractivity contribution in [3.63, 3.8) is 0 Å². The summed E-state index contributed by atoms with van der Waals surface area (Å²) in [6.07, 6.45) is 3.03. The summed E-state index contributed by atoms with van der Waals surface area (Å²) in [5, 5.41) is 8.74. The van der Waals surface area contributed by atoms with Crippen LogP contribution >= 0.6 is 0 Å². The van der Waals surface area contributed by atoms with Crippen molar-refractivity contribution in [2.75, 3.05) is 5.32 Å². The molecule has 0 bridgehead atoms. The van der Waals surface area contributed by atoms with Crippen LogP contribution in [0, 0.1) is 13.8 Å². The lowest BCUT2D eigenvalue weighted by atomic mass is 10.2. The minimum absolute atomic E-state index is 0.195. The van der Waals surface area contributed by atoms with E-state index in [0.717, 1.165) is 5.56 Å². The Morgan fingerprint density at radius 1 is 1.30 bits per heavy atom. The van der Waals surface area contributed by atoms with Crippen molar-refractivity contribution in [1.29, 1.82) is 0 Å². The Labute approximate surface area is 115 Å². The SMILES string of the molecule is Cc1noc(C)c1CNC(=O)C(=O)Nc1cccnc1. The number of rotatable bonds is 3. The highest BCUT2D eigenvalue weighted by Crippen LogP contribution is 2.11. The number of anilines is 1. The monoisotopic (exact) mass is 274 g/mol. The molecule has 0 fully saturated rings. The average molecular weight is 274 g/mol. The highest BCUT2D eigenvalue weighted by molar-refractivity contribution is 6.39. The molecule has 0 atom stereocenters. The number of carbonyl (C=O) groups is 2. The third-order valence-corrected chi connectivity index (χ3v) is 2.73. The minimum Gasteiger partial charge on any atom is -0.361 e. The van der Waals surface area contributed by atoms with E-state index in [1.807, 2.05) is 0 Å². The van der Waals surface area contributed by atoms with Crippen molar-refractivity contribution in [2.45, 2.75) is 20.4 Å². The topological polar surface area (TPSA) is 97.1 Å². The molecule has 20 heavy (non-hydrogen) atoms. The van der Waals surface area contributed by atoms with Crippen LogP contribution in [0.15, 0.2) is 29.0 Å². The molecule has 0 aliphatic rings. The van der Waals surface area contributed by atoms with Crippen molar-refractivity contribution in [3.05, 3.63) is 41.5 Å². The van der Waals surface area contributed by atoms with Crippen molar-refractivity contribution in [2.24, 2.45) is 0 Å². The predicted octanol–water partition coefficient (Wildman–Crippen LogP) is 0.941. The fourth-order valence-electron chi connectivity index (χ4n) is 1.63. The summed E-state index contributed by atoms with van der Waals surface area (Å²) in [6.45, 7) is 3.71. The number of amides is 2. The van der Waals surface area contributed by atoms with E-state index in [2.05, 4.69) is 20.8 Å². The first-order chi connectivity index (χ1) is 9.58. The van der Waals surface area contributed by atoms with Crippen LogP contribution in [0.5, 0.6) is 0 Å². The van der Waals surface area contributed by atoms with Crippen LogP contribution in [0.1, 0.15) is 17.0 Å². The molecule has 2 aromatic heterocycles. The summed E-state index contributed by atoms with van der Waals surface area (Å²) in [5.74, 6) is -0.853. The van der Waals surface area contributed by atoms with Gasteiger partial charge in [-0.15, -0.1) is 0 Å². The van der Waals surface area contributed by atoms with E-state index in [-0.39, 0.29) is 6.54 Å². The average Bonchev–Trinajstić information content (AvgIpc) is 2.76. The summed E-state index contributed by atoms with van der Waals surface area (Å²) < 4.78 is 4.97. The molecular formula is C13H14N4O3. The highest BCUT2D eigenvalue weighted by atomic mass is 16.5. The molecule has 104 valence electrons. The molecule has 7 heteroatoms. The summed E-state index contributed by atoms with van der Waals surface area (Å²) >= 11 is 0. The van der Waals surface area contributed by atoms with E-state index >= 15 is 0 Å². The van der Waals surface area contributed by atoms with Crippen LogP contribution in [-0.4, -0.2) is 22.0 Å². The molecule has 0 saturated heterocycles. The van der Waals surface area contributed by atoms with E-state index < -0.39 is 11.8 Å². The van der Waals surface area contributed by atoms with Crippen LogP contribution in [0.4, 0.5) is 5.69 Å². The number of nitrogens with zero attached hydrogens (tertiary/aromatic N) is 2.